The Labute approximate surface area is 235 Å². The fourth-order valence-corrected chi connectivity index (χ4v) is 6.50. The molecule has 1 saturated heterocycles. The summed E-state index contributed by atoms with van der Waals surface area (Å²) in [6.45, 7) is 7.42. The molecule has 7 heteroatoms. The van der Waals surface area contributed by atoms with E-state index in [2.05, 4.69) is 36.0 Å². The average Bonchev–Trinajstić information content (AvgIpc) is 3.38. The van der Waals surface area contributed by atoms with Crippen LogP contribution in [0.4, 0.5) is 4.39 Å². The zero-order valence-electron chi connectivity index (χ0n) is 23.7. The number of aliphatic hydroxyl groups is 1. The average molecular weight is 547 g/mol. The van der Waals surface area contributed by atoms with Gasteiger partial charge in [-0.2, -0.15) is 0 Å². The Balaban J connectivity index is 1.30. The maximum atomic E-state index is 13.5. The lowest BCUT2D eigenvalue weighted by atomic mass is 9.68. The van der Waals surface area contributed by atoms with E-state index in [0.717, 1.165) is 31.2 Å². The molecule has 1 N–H and O–H groups in total. The Morgan fingerprint density at radius 3 is 2.35 bits per heavy atom. The lowest BCUT2D eigenvalue weighted by Gasteiger charge is -2.55. The van der Waals surface area contributed by atoms with Gasteiger partial charge < -0.3 is 9.63 Å². The Morgan fingerprint density at radius 1 is 1.05 bits per heavy atom. The monoisotopic (exact) mass is 546 g/mol. The molecule has 3 aromatic rings. The van der Waals surface area contributed by atoms with Gasteiger partial charge in [-0.15, -0.1) is 0 Å². The van der Waals surface area contributed by atoms with E-state index in [4.69, 9.17) is 4.52 Å². The van der Waals surface area contributed by atoms with Gasteiger partial charge >= 0.3 is 0 Å². The van der Waals surface area contributed by atoms with Crippen molar-refractivity contribution in [2.24, 2.45) is 5.41 Å². The Bertz CT molecular complexity index is 1330. The molecule has 0 amide bonds. The zero-order valence-corrected chi connectivity index (χ0v) is 23.7. The number of Topliss-reactive ketones (excluding diaryl/α,β-unsaturated/α-hetero) is 2. The van der Waals surface area contributed by atoms with Crippen LogP contribution in [0.5, 0.6) is 0 Å². The molecule has 1 aromatic heterocycles. The molecule has 6 nitrogen and oxygen atoms in total. The normalized spacial score (nSPS) is 23.0. The number of carbonyl (C=O) groups excluding carboxylic acids is 2. The minimum Gasteiger partial charge on any atom is -0.390 e. The minimum absolute atomic E-state index is 0.153. The molecule has 1 saturated carbocycles. The smallest absolute Gasteiger partial charge is 0.185 e. The molecule has 40 heavy (non-hydrogen) atoms. The Kier molecular flexibility index (Phi) is 7.81. The summed E-state index contributed by atoms with van der Waals surface area (Å²) < 4.78 is 18.7. The summed E-state index contributed by atoms with van der Waals surface area (Å²) in [6, 6.07) is 17.9. The largest absolute Gasteiger partial charge is 0.390 e. The van der Waals surface area contributed by atoms with E-state index < -0.39 is 11.0 Å². The topological polar surface area (TPSA) is 83.6 Å². The second-order valence-corrected chi connectivity index (χ2v) is 13.0. The van der Waals surface area contributed by atoms with Gasteiger partial charge in [0.15, 0.2) is 11.5 Å². The van der Waals surface area contributed by atoms with E-state index in [-0.39, 0.29) is 34.9 Å². The quantitative estimate of drug-likeness (QED) is 0.297. The number of hydrogen-bond acceptors (Lipinski definition) is 6. The van der Waals surface area contributed by atoms with Gasteiger partial charge in [0.2, 0.25) is 0 Å². The third kappa shape index (κ3) is 6.42. The summed E-state index contributed by atoms with van der Waals surface area (Å²) in [5.74, 6) is 0.0545. The SMILES string of the molecule is CC1(O)CCC(N2CC(CC(=O)CC(C)(C)c3ccccc3)(CC(=O)c3cc(-c4ccc(F)cc4)on3)C2)CC1. The first-order chi connectivity index (χ1) is 18.9. The second-order valence-electron chi connectivity index (χ2n) is 13.0. The predicted octanol–water partition coefficient (Wildman–Crippen LogP) is 6.38. The standard InChI is InChI=1S/C33H39FN2O4/c1-31(2,24-7-5-4-6-8-24)18-27(37)19-33(21-36(22-33)26-13-15-32(3,39)16-14-26)20-29(38)28-17-30(40-35-28)23-9-11-25(34)12-10-23/h4-12,17,26,39H,13-16,18-22H2,1-3H3. The molecule has 0 bridgehead atoms. The van der Waals surface area contributed by atoms with Crippen LogP contribution in [-0.4, -0.2) is 51.5 Å². The van der Waals surface area contributed by atoms with Crippen LogP contribution < -0.4 is 0 Å². The van der Waals surface area contributed by atoms with Crippen molar-refractivity contribution in [2.75, 3.05) is 13.1 Å². The number of halogens is 1. The van der Waals surface area contributed by atoms with Gasteiger partial charge in [0, 0.05) is 55.4 Å². The summed E-state index contributed by atoms with van der Waals surface area (Å²) in [4.78, 5) is 29.4. The van der Waals surface area contributed by atoms with E-state index >= 15 is 0 Å². The number of hydrogen-bond donors (Lipinski definition) is 1. The number of aromatic nitrogens is 1. The second kappa shape index (κ2) is 11.0. The third-order valence-electron chi connectivity index (χ3n) is 8.85. The molecule has 1 aliphatic heterocycles. The summed E-state index contributed by atoms with van der Waals surface area (Å²) >= 11 is 0. The van der Waals surface area contributed by atoms with Gasteiger partial charge in [0.1, 0.15) is 17.3 Å². The number of likely N-dealkylation sites (tertiary alicyclic amines) is 1. The van der Waals surface area contributed by atoms with Gasteiger partial charge in [-0.1, -0.05) is 49.3 Å². The zero-order chi connectivity index (χ0) is 28.5. The van der Waals surface area contributed by atoms with Crippen molar-refractivity contribution in [3.63, 3.8) is 0 Å². The van der Waals surface area contributed by atoms with Crippen molar-refractivity contribution in [3.8, 4) is 11.3 Å². The van der Waals surface area contributed by atoms with E-state index in [9.17, 15) is 19.1 Å². The molecule has 2 heterocycles. The van der Waals surface area contributed by atoms with E-state index in [1.165, 1.54) is 12.1 Å². The summed E-state index contributed by atoms with van der Waals surface area (Å²) in [5, 5.41) is 14.4. The first-order valence-electron chi connectivity index (χ1n) is 14.2. The van der Waals surface area contributed by atoms with Crippen molar-refractivity contribution in [3.05, 3.63) is 77.7 Å². The van der Waals surface area contributed by atoms with Gasteiger partial charge in [-0.3, -0.25) is 14.5 Å². The van der Waals surface area contributed by atoms with Crippen LogP contribution in [0.3, 0.4) is 0 Å². The number of ketones is 2. The van der Waals surface area contributed by atoms with Crippen LogP contribution in [0.1, 0.15) is 81.8 Å². The van der Waals surface area contributed by atoms with Gasteiger partial charge in [0.05, 0.1) is 5.60 Å². The first-order valence-corrected chi connectivity index (χ1v) is 14.2. The van der Waals surface area contributed by atoms with Crippen LogP contribution in [0, 0.1) is 11.2 Å². The summed E-state index contributed by atoms with van der Waals surface area (Å²) in [6.07, 6.45) is 4.29. The van der Waals surface area contributed by atoms with Crippen LogP contribution >= 0.6 is 0 Å². The fraction of sp³-hybridized carbons (Fsp3) is 0.485. The highest BCUT2D eigenvalue weighted by Gasteiger charge is 2.49. The molecule has 2 fully saturated rings. The maximum Gasteiger partial charge on any atom is 0.185 e. The van der Waals surface area contributed by atoms with E-state index in [1.54, 1.807) is 18.2 Å². The van der Waals surface area contributed by atoms with Gasteiger partial charge in [0.25, 0.3) is 0 Å². The Hall–Kier alpha value is -3.16. The molecular weight excluding hydrogens is 507 g/mol. The lowest BCUT2D eigenvalue weighted by molar-refractivity contribution is -0.128. The lowest BCUT2D eigenvalue weighted by Crippen LogP contribution is -2.62. The highest BCUT2D eigenvalue weighted by atomic mass is 19.1. The highest BCUT2D eigenvalue weighted by molar-refractivity contribution is 5.96. The summed E-state index contributed by atoms with van der Waals surface area (Å²) in [5.41, 5.74) is 0.608. The maximum absolute atomic E-state index is 13.5. The van der Waals surface area contributed by atoms with Crippen molar-refractivity contribution in [1.29, 1.82) is 0 Å². The van der Waals surface area contributed by atoms with Crippen molar-refractivity contribution in [1.82, 2.24) is 10.1 Å². The van der Waals surface area contributed by atoms with Crippen LogP contribution in [-0.2, 0) is 10.2 Å². The van der Waals surface area contributed by atoms with Gasteiger partial charge in [-0.05, 0) is 67.9 Å². The molecule has 5 rings (SSSR count). The van der Waals surface area contributed by atoms with Gasteiger partial charge in [-0.25, -0.2) is 4.39 Å². The molecule has 0 radical (unpaired) electrons. The molecule has 212 valence electrons. The number of carbonyl (C=O) groups is 2. The molecule has 1 aliphatic carbocycles. The molecule has 0 spiro atoms. The highest BCUT2D eigenvalue weighted by Crippen LogP contribution is 2.44. The van der Waals surface area contributed by atoms with Crippen LogP contribution in [0.15, 0.2) is 65.2 Å². The fourth-order valence-electron chi connectivity index (χ4n) is 6.50. The van der Waals surface area contributed by atoms with Crippen LogP contribution in [0.25, 0.3) is 11.3 Å². The molecule has 2 aromatic carbocycles. The number of nitrogens with zero attached hydrogens (tertiary/aromatic N) is 2. The van der Waals surface area contributed by atoms with Crippen LogP contribution in [0.2, 0.25) is 0 Å². The first kappa shape index (κ1) is 28.4. The minimum atomic E-state index is -0.609. The molecular formula is C33H39FN2O4. The van der Waals surface area contributed by atoms with Crippen molar-refractivity contribution in [2.45, 2.75) is 82.8 Å². The third-order valence-corrected chi connectivity index (χ3v) is 8.85. The van der Waals surface area contributed by atoms with Crippen molar-refractivity contribution >= 4 is 11.6 Å². The van der Waals surface area contributed by atoms with E-state index in [1.807, 2.05) is 25.1 Å². The summed E-state index contributed by atoms with van der Waals surface area (Å²) in [7, 11) is 0. The molecule has 2 aliphatic rings. The Morgan fingerprint density at radius 2 is 1.70 bits per heavy atom. The molecule has 0 atom stereocenters. The number of rotatable bonds is 10. The number of benzene rings is 2. The predicted molar refractivity (Wildman–Crippen MR) is 151 cm³/mol. The molecule has 0 unspecified atom stereocenters. The van der Waals surface area contributed by atoms with E-state index in [0.29, 0.717) is 43.3 Å². The van der Waals surface area contributed by atoms with Crippen molar-refractivity contribution < 1.29 is 23.6 Å².